The van der Waals surface area contributed by atoms with E-state index in [9.17, 15) is 19.8 Å². The lowest BCUT2D eigenvalue weighted by molar-refractivity contribution is -0.337. The lowest BCUT2D eigenvalue weighted by atomic mass is 9.94. The van der Waals surface area contributed by atoms with E-state index in [2.05, 4.69) is 10.6 Å². The van der Waals surface area contributed by atoms with E-state index >= 15 is 0 Å². The van der Waals surface area contributed by atoms with Crippen LogP contribution in [0.1, 0.15) is 33.4 Å². The molecule has 6 aromatic rings. The molecule has 0 radical (unpaired) electrons. The lowest BCUT2D eigenvalue weighted by Gasteiger charge is -2.49. The van der Waals surface area contributed by atoms with Gasteiger partial charge in [0.1, 0.15) is 61.9 Å². The van der Waals surface area contributed by atoms with Crippen molar-refractivity contribution in [2.24, 2.45) is 0 Å². The van der Waals surface area contributed by atoms with Gasteiger partial charge < -0.3 is 63.5 Å². The maximum atomic E-state index is 13.9. The van der Waals surface area contributed by atoms with Crippen molar-refractivity contribution in [3.05, 3.63) is 215 Å². The normalized spacial score (nSPS) is 24.1. The fourth-order valence-corrected chi connectivity index (χ4v) is 8.32. The summed E-state index contributed by atoms with van der Waals surface area (Å²) in [4.78, 5) is 27.6. The van der Waals surface area contributed by atoms with Crippen LogP contribution in [0.25, 0.3) is 0 Å². The molecular weight excluding hydrogens is 909 g/mol. The van der Waals surface area contributed by atoms with Crippen LogP contribution in [0.2, 0.25) is 0 Å². The lowest BCUT2D eigenvalue weighted by Crippen LogP contribution is -2.70. The van der Waals surface area contributed by atoms with Crippen molar-refractivity contribution in [2.75, 3.05) is 13.2 Å². The topological polar surface area (TPSA) is 182 Å². The zero-order valence-corrected chi connectivity index (χ0v) is 39.1. The molecule has 0 aromatic heterocycles. The first-order chi connectivity index (χ1) is 34.9. The molecule has 372 valence electrons. The zero-order chi connectivity index (χ0) is 49.0. The summed E-state index contributed by atoms with van der Waals surface area (Å²) in [6.45, 7) is 0.108. The second-order valence-corrected chi connectivity index (χ2v) is 17.2. The quantitative estimate of drug-likeness (QED) is 0.0530. The molecule has 2 aliphatic heterocycles. The number of aliphatic hydroxyl groups is 2. The number of nitrogens with one attached hydrogen (secondary N) is 2. The van der Waals surface area contributed by atoms with Crippen LogP contribution in [0, 0.1) is 0 Å². The third kappa shape index (κ3) is 15.2. The van der Waals surface area contributed by atoms with Crippen LogP contribution in [0.5, 0.6) is 0 Å². The Morgan fingerprint density at radius 1 is 0.423 bits per heavy atom. The highest BCUT2D eigenvalue weighted by atomic mass is 16.7. The summed E-state index contributed by atoms with van der Waals surface area (Å²) in [7, 11) is 0. The molecule has 15 nitrogen and oxygen atoms in total. The van der Waals surface area contributed by atoms with Gasteiger partial charge in [-0.3, -0.25) is 0 Å². The number of aliphatic hydroxyl groups excluding tert-OH is 2. The van der Waals surface area contributed by atoms with Gasteiger partial charge >= 0.3 is 12.2 Å². The highest BCUT2D eigenvalue weighted by Crippen LogP contribution is 2.33. The van der Waals surface area contributed by atoms with Gasteiger partial charge in [0.2, 0.25) is 0 Å². The Morgan fingerprint density at radius 2 is 0.789 bits per heavy atom. The first-order valence-electron chi connectivity index (χ1n) is 23.7. The van der Waals surface area contributed by atoms with Crippen LogP contribution in [-0.2, 0) is 82.3 Å². The molecule has 0 unspecified atom stereocenters. The summed E-state index contributed by atoms with van der Waals surface area (Å²) in [6.07, 6.45) is -11.9. The van der Waals surface area contributed by atoms with E-state index in [1.165, 1.54) is 0 Å². The molecule has 2 amide bonds. The van der Waals surface area contributed by atoms with Crippen molar-refractivity contribution in [1.82, 2.24) is 10.6 Å². The second kappa shape index (κ2) is 26.6. The first-order valence-corrected chi connectivity index (χ1v) is 23.7. The van der Waals surface area contributed by atoms with E-state index in [1.54, 1.807) is 0 Å². The van der Waals surface area contributed by atoms with Crippen LogP contribution in [0.4, 0.5) is 9.59 Å². The maximum Gasteiger partial charge on any atom is 0.407 e. The highest BCUT2D eigenvalue weighted by Gasteiger charge is 2.53. The SMILES string of the molecule is O=C(N[C@@H]1[C@@H](OCc2ccccc2)[C@H](O[C@@H]2O[C@H](COCc3ccccc3)[C@@H](O)[C@H](OCc3ccccc3)[C@H]2NC(=O)OCc2ccccc2)[C@@H](COCc2ccccc2)O[C@H]1O)OCc1ccccc1. The molecular formula is C56H60N2O13. The van der Waals surface area contributed by atoms with Crippen LogP contribution in [0.3, 0.4) is 0 Å². The van der Waals surface area contributed by atoms with Gasteiger partial charge in [-0.1, -0.05) is 182 Å². The molecule has 2 saturated heterocycles. The summed E-state index contributed by atoms with van der Waals surface area (Å²) in [5.74, 6) is 0. The monoisotopic (exact) mass is 968 g/mol. The zero-order valence-electron chi connectivity index (χ0n) is 39.1. The molecule has 4 N–H and O–H groups in total. The van der Waals surface area contributed by atoms with E-state index in [1.807, 2.05) is 182 Å². The largest absolute Gasteiger partial charge is 0.445 e. The molecule has 10 atom stereocenters. The molecule has 71 heavy (non-hydrogen) atoms. The third-order valence-electron chi connectivity index (χ3n) is 12.0. The molecule has 15 heteroatoms. The number of alkyl carbamates (subject to hydrolysis) is 2. The van der Waals surface area contributed by atoms with Crippen molar-refractivity contribution < 1.29 is 62.4 Å². The number of rotatable bonds is 22. The smallest absolute Gasteiger partial charge is 0.407 e. The molecule has 0 saturated carbocycles. The molecule has 0 spiro atoms. The minimum Gasteiger partial charge on any atom is -0.445 e. The minimum atomic E-state index is -1.65. The van der Waals surface area contributed by atoms with Gasteiger partial charge in [0.25, 0.3) is 0 Å². The van der Waals surface area contributed by atoms with Gasteiger partial charge in [-0.05, 0) is 33.4 Å². The summed E-state index contributed by atoms with van der Waals surface area (Å²) in [5.41, 5.74) is 4.88. The Hall–Kier alpha value is -6.50. The summed E-state index contributed by atoms with van der Waals surface area (Å²) < 4.78 is 57.1. The standard InChI is InChI=1S/C56H60N2O13/c59-49-45(37-63-31-39-19-7-1-8-20-39)70-54(48(51(49)65-33-41-23-11-3-12-24-41)58-56(62)68-36-44-29-17-6-18-30-44)71-50-46(38-64-32-40-21-9-2-10-22-40)69-53(60)47(52(50)66-34-42-25-13-4-14-26-42)57-55(61)67-35-43-27-15-5-16-28-43/h1-30,45-54,59-60H,31-38H2,(H,57,61)(H,58,62)/t45-,46-,47-,48-,49-,50-,51-,52-,53-,54+/m1/s1. The predicted molar refractivity (Wildman–Crippen MR) is 260 cm³/mol. The first kappa shape index (κ1) is 50.9. The molecule has 0 bridgehead atoms. The van der Waals surface area contributed by atoms with Gasteiger partial charge in [-0.15, -0.1) is 0 Å². The van der Waals surface area contributed by atoms with E-state index in [0.717, 1.165) is 33.4 Å². The number of hydrogen-bond donors (Lipinski definition) is 4. The predicted octanol–water partition coefficient (Wildman–Crippen LogP) is 7.37. The van der Waals surface area contributed by atoms with Crippen molar-refractivity contribution >= 4 is 12.2 Å². The van der Waals surface area contributed by atoms with Crippen LogP contribution in [-0.4, -0.2) is 96.9 Å². The Labute approximate surface area is 413 Å². The maximum absolute atomic E-state index is 13.9. The number of ether oxygens (including phenoxy) is 9. The van der Waals surface area contributed by atoms with Crippen molar-refractivity contribution in [2.45, 2.75) is 101 Å². The van der Waals surface area contributed by atoms with E-state index < -0.39 is 73.5 Å². The minimum absolute atomic E-state index is 0.0173. The van der Waals surface area contributed by atoms with Gasteiger partial charge in [-0.25, -0.2) is 9.59 Å². The number of amides is 2. The van der Waals surface area contributed by atoms with Gasteiger partial charge in [0, 0.05) is 0 Å². The van der Waals surface area contributed by atoms with E-state index in [4.69, 9.17) is 42.6 Å². The molecule has 2 fully saturated rings. The van der Waals surface area contributed by atoms with Crippen LogP contribution in [0.15, 0.2) is 182 Å². The second-order valence-electron chi connectivity index (χ2n) is 17.2. The van der Waals surface area contributed by atoms with E-state index in [-0.39, 0.29) is 52.9 Å². The van der Waals surface area contributed by atoms with Crippen molar-refractivity contribution in [1.29, 1.82) is 0 Å². The summed E-state index contributed by atoms with van der Waals surface area (Å²) >= 11 is 0. The van der Waals surface area contributed by atoms with Gasteiger partial charge in [-0.2, -0.15) is 0 Å². The fourth-order valence-electron chi connectivity index (χ4n) is 8.32. The van der Waals surface area contributed by atoms with Crippen LogP contribution >= 0.6 is 0 Å². The van der Waals surface area contributed by atoms with Crippen molar-refractivity contribution in [3.8, 4) is 0 Å². The summed E-state index contributed by atoms with van der Waals surface area (Å²) in [5, 5.41) is 29.7. The fraction of sp³-hybridized carbons (Fsp3) is 0.321. The molecule has 2 heterocycles. The number of carbonyl (C=O) groups excluding carboxylic acids is 2. The molecule has 6 aromatic carbocycles. The van der Waals surface area contributed by atoms with E-state index in [0.29, 0.717) is 0 Å². The number of benzene rings is 6. The highest BCUT2D eigenvalue weighted by molar-refractivity contribution is 5.68. The molecule has 8 rings (SSSR count). The molecule has 0 aliphatic carbocycles. The Kier molecular flexibility index (Phi) is 19.1. The Balaban J connectivity index is 1.13. The number of carbonyl (C=O) groups is 2. The average Bonchev–Trinajstić information content (AvgIpc) is 3.41. The van der Waals surface area contributed by atoms with Crippen molar-refractivity contribution in [3.63, 3.8) is 0 Å². The van der Waals surface area contributed by atoms with Crippen LogP contribution < -0.4 is 10.6 Å². The van der Waals surface area contributed by atoms with Gasteiger partial charge in [0.15, 0.2) is 12.6 Å². The van der Waals surface area contributed by atoms with Gasteiger partial charge in [0.05, 0.1) is 39.6 Å². The Bertz CT molecular complexity index is 2460. The molecule has 2 aliphatic rings. The third-order valence-corrected chi connectivity index (χ3v) is 12.0. The number of hydrogen-bond acceptors (Lipinski definition) is 13. The Morgan fingerprint density at radius 3 is 1.23 bits per heavy atom. The summed E-state index contributed by atoms with van der Waals surface area (Å²) in [6, 6.07) is 53.7. The average molecular weight is 969 g/mol.